The molecule has 0 spiro atoms. The van der Waals surface area contributed by atoms with Crippen molar-refractivity contribution in [2.24, 2.45) is 0 Å². The summed E-state index contributed by atoms with van der Waals surface area (Å²) in [5.74, 6) is 0. The van der Waals surface area contributed by atoms with Gasteiger partial charge in [0.15, 0.2) is 9.84 Å². The molecule has 0 aliphatic carbocycles. The van der Waals surface area contributed by atoms with Crippen LogP contribution in [0.3, 0.4) is 0 Å². The standard InChI is InChI=1S/C24H22O2S/c1-19-8-12-21(13-9-19)14-15-23(22-6-4-3-5-7-22)18-27(25,26)24-16-10-20(2)11-17-24/h3-18H,1-2H3/b15-14+,23-18+. The van der Waals surface area contributed by atoms with Gasteiger partial charge in [-0.05, 0) is 42.7 Å². The summed E-state index contributed by atoms with van der Waals surface area (Å²) in [6.45, 7) is 3.98. The molecule has 0 saturated heterocycles. The van der Waals surface area contributed by atoms with E-state index < -0.39 is 9.84 Å². The van der Waals surface area contributed by atoms with Crippen LogP contribution in [0, 0.1) is 13.8 Å². The minimum Gasteiger partial charge on any atom is -0.219 e. The highest BCUT2D eigenvalue weighted by Gasteiger charge is 2.12. The van der Waals surface area contributed by atoms with Crippen LogP contribution in [0.5, 0.6) is 0 Å². The van der Waals surface area contributed by atoms with Gasteiger partial charge in [-0.3, -0.25) is 0 Å². The van der Waals surface area contributed by atoms with Gasteiger partial charge in [-0.2, -0.15) is 0 Å². The zero-order chi connectivity index (χ0) is 19.3. The number of benzene rings is 3. The van der Waals surface area contributed by atoms with Gasteiger partial charge < -0.3 is 0 Å². The van der Waals surface area contributed by atoms with Gasteiger partial charge in [-0.15, -0.1) is 0 Å². The van der Waals surface area contributed by atoms with Crippen LogP contribution in [0.1, 0.15) is 22.3 Å². The second-order valence-corrected chi connectivity index (χ2v) is 8.34. The minimum atomic E-state index is -3.55. The number of aryl methyl sites for hydroxylation is 2. The lowest BCUT2D eigenvalue weighted by molar-refractivity contribution is 0.604. The molecule has 3 aromatic carbocycles. The third-order valence-electron chi connectivity index (χ3n) is 4.27. The minimum absolute atomic E-state index is 0.297. The number of sulfone groups is 1. The van der Waals surface area contributed by atoms with Crippen molar-refractivity contribution < 1.29 is 8.42 Å². The van der Waals surface area contributed by atoms with Crippen LogP contribution in [-0.4, -0.2) is 8.42 Å². The summed E-state index contributed by atoms with van der Waals surface area (Å²) in [6, 6.07) is 24.6. The smallest absolute Gasteiger partial charge is 0.200 e. The highest BCUT2D eigenvalue weighted by molar-refractivity contribution is 7.94. The van der Waals surface area contributed by atoms with Crippen molar-refractivity contribution in [2.75, 3.05) is 0 Å². The van der Waals surface area contributed by atoms with E-state index in [4.69, 9.17) is 0 Å². The summed E-state index contributed by atoms with van der Waals surface area (Å²) in [5.41, 5.74) is 4.75. The van der Waals surface area contributed by atoms with Crippen molar-refractivity contribution in [1.29, 1.82) is 0 Å². The van der Waals surface area contributed by atoms with Crippen molar-refractivity contribution in [1.82, 2.24) is 0 Å². The van der Waals surface area contributed by atoms with Crippen LogP contribution in [0.4, 0.5) is 0 Å². The molecule has 0 aliphatic rings. The summed E-state index contributed by atoms with van der Waals surface area (Å²) >= 11 is 0. The second-order valence-electron chi connectivity index (χ2n) is 6.54. The van der Waals surface area contributed by atoms with E-state index in [9.17, 15) is 8.42 Å². The Morgan fingerprint density at radius 3 is 1.89 bits per heavy atom. The fourth-order valence-electron chi connectivity index (χ4n) is 2.66. The van der Waals surface area contributed by atoms with E-state index in [-0.39, 0.29) is 0 Å². The maximum absolute atomic E-state index is 12.9. The van der Waals surface area contributed by atoms with Crippen LogP contribution in [0.15, 0.2) is 95.2 Å². The van der Waals surface area contributed by atoms with E-state index in [2.05, 4.69) is 0 Å². The molecule has 0 amide bonds. The molecule has 0 aliphatic heterocycles. The van der Waals surface area contributed by atoms with Crippen molar-refractivity contribution in [2.45, 2.75) is 18.7 Å². The number of allylic oxidation sites excluding steroid dienone is 2. The molecule has 3 aromatic rings. The van der Waals surface area contributed by atoms with E-state index in [0.29, 0.717) is 10.5 Å². The molecular formula is C24H22O2S. The first-order chi connectivity index (χ1) is 12.9. The van der Waals surface area contributed by atoms with Crippen molar-refractivity contribution in [3.05, 3.63) is 113 Å². The Balaban J connectivity index is 2.03. The Labute approximate surface area is 161 Å². The second kappa shape index (κ2) is 8.19. The topological polar surface area (TPSA) is 34.1 Å². The summed E-state index contributed by atoms with van der Waals surface area (Å²) in [4.78, 5) is 0.297. The Kier molecular flexibility index (Phi) is 5.72. The summed E-state index contributed by atoms with van der Waals surface area (Å²) < 4.78 is 25.7. The van der Waals surface area contributed by atoms with Crippen LogP contribution in [0.2, 0.25) is 0 Å². The normalized spacial score (nSPS) is 12.4. The largest absolute Gasteiger partial charge is 0.219 e. The van der Waals surface area contributed by atoms with E-state index in [0.717, 1.165) is 16.7 Å². The predicted octanol–water partition coefficient (Wildman–Crippen LogP) is 5.83. The quantitative estimate of drug-likeness (QED) is 0.526. The molecule has 0 heterocycles. The third kappa shape index (κ3) is 5.05. The molecule has 0 unspecified atom stereocenters. The first-order valence-corrected chi connectivity index (χ1v) is 10.3. The molecule has 0 atom stereocenters. The maximum Gasteiger partial charge on any atom is 0.200 e. The van der Waals surface area contributed by atoms with Gasteiger partial charge >= 0.3 is 0 Å². The van der Waals surface area contributed by atoms with Gasteiger partial charge in [0, 0.05) is 5.41 Å². The van der Waals surface area contributed by atoms with E-state index in [1.807, 2.05) is 92.7 Å². The third-order valence-corrected chi connectivity index (χ3v) is 5.76. The zero-order valence-electron chi connectivity index (χ0n) is 15.5. The number of hydrogen-bond acceptors (Lipinski definition) is 2. The summed E-state index contributed by atoms with van der Waals surface area (Å²) in [7, 11) is -3.55. The van der Waals surface area contributed by atoms with Crippen molar-refractivity contribution >= 4 is 21.5 Å². The monoisotopic (exact) mass is 374 g/mol. The average Bonchev–Trinajstić information content (AvgIpc) is 2.67. The maximum atomic E-state index is 12.9. The van der Waals surface area contributed by atoms with Gasteiger partial charge in [0.25, 0.3) is 0 Å². The Morgan fingerprint density at radius 1 is 0.741 bits per heavy atom. The molecule has 0 bridgehead atoms. The van der Waals surface area contributed by atoms with E-state index in [1.54, 1.807) is 12.1 Å². The first-order valence-electron chi connectivity index (χ1n) is 8.78. The van der Waals surface area contributed by atoms with Gasteiger partial charge in [-0.25, -0.2) is 8.42 Å². The molecule has 136 valence electrons. The molecule has 3 rings (SSSR count). The Bertz CT molecular complexity index is 1060. The van der Waals surface area contributed by atoms with E-state index in [1.165, 1.54) is 11.0 Å². The number of rotatable bonds is 5. The molecule has 0 radical (unpaired) electrons. The number of hydrogen-bond donors (Lipinski definition) is 0. The summed E-state index contributed by atoms with van der Waals surface area (Å²) in [6.07, 6.45) is 3.79. The van der Waals surface area contributed by atoms with Crippen LogP contribution in [-0.2, 0) is 9.84 Å². The van der Waals surface area contributed by atoms with Gasteiger partial charge in [0.05, 0.1) is 4.90 Å². The van der Waals surface area contributed by atoms with Crippen molar-refractivity contribution in [3.63, 3.8) is 0 Å². The molecular weight excluding hydrogens is 352 g/mol. The first kappa shape index (κ1) is 18.9. The Hall–Kier alpha value is -2.91. The van der Waals surface area contributed by atoms with Crippen LogP contribution in [0.25, 0.3) is 11.6 Å². The fraction of sp³-hybridized carbons (Fsp3) is 0.0833. The van der Waals surface area contributed by atoms with E-state index >= 15 is 0 Å². The lowest BCUT2D eigenvalue weighted by Gasteiger charge is -2.05. The zero-order valence-corrected chi connectivity index (χ0v) is 16.3. The highest BCUT2D eigenvalue weighted by atomic mass is 32.2. The average molecular weight is 375 g/mol. The van der Waals surface area contributed by atoms with Crippen LogP contribution < -0.4 is 0 Å². The molecule has 0 N–H and O–H groups in total. The fourth-order valence-corrected chi connectivity index (χ4v) is 3.86. The highest BCUT2D eigenvalue weighted by Crippen LogP contribution is 2.23. The Morgan fingerprint density at radius 2 is 1.30 bits per heavy atom. The summed E-state index contributed by atoms with van der Waals surface area (Å²) in [5, 5.41) is 1.34. The molecule has 0 aromatic heterocycles. The molecule has 0 fully saturated rings. The lowest BCUT2D eigenvalue weighted by atomic mass is 10.1. The lowest BCUT2D eigenvalue weighted by Crippen LogP contribution is -1.98. The molecule has 27 heavy (non-hydrogen) atoms. The molecule has 3 heteroatoms. The van der Waals surface area contributed by atoms with Gasteiger partial charge in [-0.1, -0.05) is 90.0 Å². The van der Waals surface area contributed by atoms with Crippen molar-refractivity contribution in [3.8, 4) is 0 Å². The molecule has 0 saturated carbocycles. The SMILES string of the molecule is Cc1ccc(/C=C/C(=C\S(=O)(=O)c2ccc(C)cc2)c2ccccc2)cc1. The van der Waals surface area contributed by atoms with Gasteiger partial charge in [0.2, 0.25) is 0 Å². The van der Waals surface area contributed by atoms with Crippen LogP contribution >= 0.6 is 0 Å². The predicted molar refractivity (Wildman–Crippen MR) is 113 cm³/mol. The van der Waals surface area contributed by atoms with Gasteiger partial charge in [0.1, 0.15) is 0 Å². The molecule has 2 nitrogen and oxygen atoms in total.